The molecule has 2 heterocycles. The van der Waals surface area contributed by atoms with Crippen LogP contribution in [0.15, 0.2) is 54.2 Å². The van der Waals surface area contributed by atoms with E-state index in [2.05, 4.69) is 15.3 Å². The Labute approximate surface area is 177 Å². The van der Waals surface area contributed by atoms with Gasteiger partial charge in [-0.3, -0.25) is 14.9 Å². The molecule has 0 unspecified atom stereocenters. The second kappa shape index (κ2) is 8.40. The van der Waals surface area contributed by atoms with Crippen molar-refractivity contribution in [3.05, 3.63) is 75.9 Å². The monoisotopic (exact) mass is 442 g/mol. The molecule has 0 aliphatic rings. The van der Waals surface area contributed by atoms with Crippen LogP contribution >= 0.6 is 11.3 Å². The van der Waals surface area contributed by atoms with Crippen LogP contribution in [0.3, 0.4) is 0 Å². The molecule has 2 aromatic heterocycles. The zero-order valence-electron chi connectivity index (χ0n) is 15.5. The number of rotatable bonds is 6. The molecular formula is C20H12F2N4O4S. The number of carbonyl (C=O) groups excluding carboxylic acids is 1. The first-order valence-corrected chi connectivity index (χ1v) is 9.65. The van der Waals surface area contributed by atoms with Gasteiger partial charge < -0.3 is 10.1 Å². The Morgan fingerprint density at radius 1 is 1.16 bits per heavy atom. The number of carbonyl (C=O) groups is 1. The fourth-order valence-electron chi connectivity index (χ4n) is 2.84. The van der Waals surface area contributed by atoms with E-state index in [9.17, 15) is 23.7 Å². The van der Waals surface area contributed by atoms with Gasteiger partial charge >= 0.3 is 0 Å². The van der Waals surface area contributed by atoms with E-state index in [1.54, 1.807) is 12.1 Å². The largest absolute Gasteiger partial charge is 0.467 e. The van der Waals surface area contributed by atoms with Gasteiger partial charge in [0.1, 0.15) is 22.8 Å². The van der Waals surface area contributed by atoms with Crippen molar-refractivity contribution in [1.82, 2.24) is 9.97 Å². The smallest absolute Gasteiger partial charge is 0.271 e. The second-order valence-electron chi connectivity index (χ2n) is 6.27. The first kappa shape index (κ1) is 20.3. The molecule has 0 atom stereocenters. The number of nitro benzene ring substituents is 1. The lowest BCUT2D eigenvalue weighted by Crippen LogP contribution is -2.21. The molecule has 4 aromatic rings. The molecule has 0 bridgehead atoms. The van der Waals surface area contributed by atoms with E-state index in [1.807, 2.05) is 5.38 Å². The minimum Gasteiger partial charge on any atom is -0.467 e. The minimum absolute atomic E-state index is 0.125. The molecular weight excluding hydrogens is 430 g/mol. The Morgan fingerprint density at radius 2 is 1.94 bits per heavy atom. The van der Waals surface area contributed by atoms with E-state index in [1.165, 1.54) is 29.8 Å². The van der Waals surface area contributed by atoms with E-state index in [4.69, 9.17) is 4.74 Å². The lowest BCUT2D eigenvalue weighted by Gasteiger charge is -2.09. The molecule has 0 aliphatic carbocycles. The highest BCUT2D eigenvalue weighted by Crippen LogP contribution is 2.37. The number of benzene rings is 2. The number of fused-ring (bicyclic) bond motifs is 1. The van der Waals surface area contributed by atoms with Gasteiger partial charge in [-0.25, -0.2) is 18.7 Å². The molecule has 31 heavy (non-hydrogen) atoms. The summed E-state index contributed by atoms with van der Waals surface area (Å²) in [6, 6.07) is 8.66. The van der Waals surface area contributed by atoms with E-state index in [-0.39, 0.29) is 23.1 Å². The zero-order valence-corrected chi connectivity index (χ0v) is 16.4. The van der Waals surface area contributed by atoms with Gasteiger partial charge in [-0.2, -0.15) is 0 Å². The Kier molecular flexibility index (Phi) is 5.50. The summed E-state index contributed by atoms with van der Waals surface area (Å²) < 4.78 is 32.6. The Morgan fingerprint density at radius 3 is 2.68 bits per heavy atom. The lowest BCUT2D eigenvalue weighted by molar-refractivity contribution is -0.384. The van der Waals surface area contributed by atoms with Crippen molar-refractivity contribution in [2.75, 3.05) is 11.9 Å². The third-order valence-corrected chi connectivity index (χ3v) is 5.15. The summed E-state index contributed by atoms with van der Waals surface area (Å²) >= 11 is 1.33. The quantitative estimate of drug-likeness (QED) is 0.346. The molecule has 1 N–H and O–H groups in total. The molecule has 8 nitrogen and oxygen atoms in total. The number of non-ortho nitro benzene ring substituents is 1. The average Bonchev–Trinajstić information content (AvgIpc) is 3.19. The SMILES string of the molecule is O=C(COc1ncnc2scc(-c3ccc(F)cc3)c12)Nc1cc([N+](=O)[O-])ccc1F. The van der Waals surface area contributed by atoms with E-state index in [0.717, 1.165) is 23.8 Å². The van der Waals surface area contributed by atoms with Crippen molar-refractivity contribution in [2.45, 2.75) is 0 Å². The highest BCUT2D eigenvalue weighted by molar-refractivity contribution is 7.17. The average molecular weight is 442 g/mol. The fourth-order valence-corrected chi connectivity index (χ4v) is 3.75. The summed E-state index contributed by atoms with van der Waals surface area (Å²) in [6.45, 7) is -0.521. The van der Waals surface area contributed by atoms with Crippen LogP contribution in [0, 0.1) is 21.7 Å². The molecule has 0 radical (unpaired) electrons. The number of aromatic nitrogens is 2. The molecule has 11 heteroatoms. The van der Waals surface area contributed by atoms with Crippen LogP contribution < -0.4 is 10.1 Å². The molecule has 0 aliphatic heterocycles. The van der Waals surface area contributed by atoms with Crippen molar-refractivity contribution in [3.8, 4) is 17.0 Å². The number of nitrogens with one attached hydrogen (secondary N) is 1. The molecule has 0 saturated heterocycles. The van der Waals surface area contributed by atoms with Crippen LogP contribution in [0.4, 0.5) is 20.2 Å². The van der Waals surface area contributed by atoms with Crippen LogP contribution in [-0.4, -0.2) is 27.4 Å². The number of amides is 1. The fraction of sp³-hybridized carbons (Fsp3) is 0.0500. The molecule has 4 rings (SSSR count). The predicted molar refractivity (Wildman–Crippen MR) is 110 cm³/mol. The van der Waals surface area contributed by atoms with Gasteiger partial charge in [-0.15, -0.1) is 11.3 Å². The second-order valence-corrected chi connectivity index (χ2v) is 7.13. The number of ether oxygens (including phenoxy) is 1. The molecule has 0 fully saturated rings. The summed E-state index contributed by atoms with van der Waals surface area (Å²) in [4.78, 5) is 31.2. The molecule has 2 aromatic carbocycles. The van der Waals surface area contributed by atoms with Gasteiger partial charge in [0.15, 0.2) is 6.61 Å². The van der Waals surface area contributed by atoms with Crippen LogP contribution in [0.25, 0.3) is 21.3 Å². The Hall–Kier alpha value is -3.99. The standard InChI is InChI=1S/C20H12F2N4O4S/c21-12-3-1-11(2-4-12)14-9-31-20-18(14)19(23-10-24-20)30-8-17(27)25-16-7-13(26(28)29)5-6-15(16)22/h1-7,9-10H,8H2,(H,25,27). The molecule has 0 spiro atoms. The van der Waals surface area contributed by atoms with Gasteiger partial charge in [0.25, 0.3) is 11.6 Å². The minimum atomic E-state index is -0.820. The van der Waals surface area contributed by atoms with Gasteiger partial charge in [0.2, 0.25) is 5.88 Å². The van der Waals surface area contributed by atoms with Crippen molar-refractivity contribution in [3.63, 3.8) is 0 Å². The van der Waals surface area contributed by atoms with Crippen LogP contribution in [0.5, 0.6) is 5.88 Å². The third-order valence-electron chi connectivity index (χ3n) is 4.27. The van der Waals surface area contributed by atoms with Crippen molar-refractivity contribution >= 4 is 38.8 Å². The lowest BCUT2D eigenvalue weighted by atomic mass is 10.1. The van der Waals surface area contributed by atoms with Crippen molar-refractivity contribution in [2.24, 2.45) is 0 Å². The van der Waals surface area contributed by atoms with Crippen LogP contribution in [0.2, 0.25) is 0 Å². The number of hydrogen-bond acceptors (Lipinski definition) is 7. The summed E-state index contributed by atoms with van der Waals surface area (Å²) in [5, 5.41) is 15.5. The maximum atomic E-state index is 13.9. The Balaban J connectivity index is 1.55. The van der Waals surface area contributed by atoms with Gasteiger partial charge in [0, 0.05) is 23.1 Å². The van der Waals surface area contributed by atoms with E-state index < -0.39 is 23.3 Å². The molecule has 156 valence electrons. The summed E-state index contributed by atoms with van der Waals surface area (Å²) in [7, 11) is 0. The maximum Gasteiger partial charge on any atom is 0.271 e. The number of halogens is 2. The van der Waals surface area contributed by atoms with Crippen LogP contribution in [-0.2, 0) is 4.79 Å². The van der Waals surface area contributed by atoms with E-state index in [0.29, 0.717) is 15.8 Å². The van der Waals surface area contributed by atoms with Crippen molar-refractivity contribution < 1.29 is 23.2 Å². The summed E-state index contributed by atoms with van der Waals surface area (Å²) in [5.41, 5.74) is 0.728. The number of nitro groups is 1. The van der Waals surface area contributed by atoms with Crippen molar-refractivity contribution in [1.29, 1.82) is 0 Å². The Bertz CT molecular complexity index is 1290. The van der Waals surface area contributed by atoms with E-state index >= 15 is 0 Å². The highest BCUT2D eigenvalue weighted by atomic mass is 32.1. The van der Waals surface area contributed by atoms with Gasteiger partial charge in [-0.1, -0.05) is 12.1 Å². The number of hydrogen-bond donors (Lipinski definition) is 1. The highest BCUT2D eigenvalue weighted by Gasteiger charge is 2.17. The first-order valence-electron chi connectivity index (χ1n) is 8.77. The predicted octanol–water partition coefficient (Wildman–Crippen LogP) is 4.56. The number of nitrogens with zero attached hydrogens (tertiary/aromatic N) is 3. The molecule has 1 amide bonds. The molecule has 0 saturated carbocycles. The number of anilines is 1. The summed E-state index contributed by atoms with van der Waals surface area (Å²) in [6.07, 6.45) is 1.28. The number of thiophene rings is 1. The topological polar surface area (TPSA) is 107 Å². The summed E-state index contributed by atoms with van der Waals surface area (Å²) in [5.74, 6) is -1.80. The normalized spacial score (nSPS) is 10.8. The van der Waals surface area contributed by atoms with Gasteiger partial charge in [-0.05, 0) is 23.8 Å². The third kappa shape index (κ3) is 4.31. The van der Waals surface area contributed by atoms with Gasteiger partial charge in [0.05, 0.1) is 16.0 Å². The first-order chi connectivity index (χ1) is 14.9. The maximum absolute atomic E-state index is 13.9. The zero-order chi connectivity index (χ0) is 22.0. The van der Waals surface area contributed by atoms with Crippen LogP contribution in [0.1, 0.15) is 0 Å².